The van der Waals surface area contributed by atoms with E-state index in [0.717, 1.165) is 22.9 Å². The molecule has 0 aliphatic heterocycles. The Labute approximate surface area is 94.1 Å². The van der Waals surface area contributed by atoms with Gasteiger partial charge in [0.25, 0.3) is 0 Å². The first kappa shape index (κ1) is 10.2. The monoisotopic (exact) mass is 253 g/mol. The maximum absolute atomic E-state index is 4.30. The Morgan fingerprint density at radius 3 is 2.86 bits per heavy atom. The standard InChI is InChI=1S/C12H16BrN/c1-9-2-3-10(8-14-9)4-7-12(13)11-5-6-11/h2-3,8,11-12H,4-7H2,1H3. The van der Waals surface area contributed by atoms with Crippen LogP contribution in [0.5, 0.6) is 0 Å². The Morgan fingerprint density at radius 1 is 1.50 bits per heavy atom. The number of rotatable bonds is 4. The molecule has 1 aliphatic carbocycles. The molecule has 14 heavy (non-hydrogen) atoms. The van der Waals surface area contributed by atoms with Crippen molar-refractivity contribution < 1.29 is 0 Å². The molecule has 0 radical (unpaired) electrons. The van der Waals surface area contributed by atoms with Gasteiger partial charge in [0.15, 0.2) is 0 Å². The largest absolute Gasteiger partial charge is 0.261 e. The minimum atomic E-state index is 0.726. The molecule has 1 heterocycles. The van der Waals surface area contributed by atoms with Crippen molar-refractivity contribution in [1.29, 1.82) is 0 Å². The van der Waals surface area contributed by atoms with Crippen LogP contribution in [0.2, 0.25) is 0 Å². The lowest BCUT2D eigenvalue weighted by molar-refractivity contribution is 0.695. The molecule has 1 saturated carbocycles. The molecular formula is C12H16BrN. The summed E-state index contributed by atoms with van der Waals surface area (Å²) in [6.07, 6.45) is 7.24. The number of aryl methyl sites for hydroxylation is 2. The fraction of sp³-hybridized carbons (Fsp3) is 0.583. The van der Waals surface area contributed by atoms with Crippen LogP contribution in [-0.4, -0.2) is 9.81 Å². The third-order valence-electron chi connectivity index (χ3n) is 2.81. The van der Waals surface area contributed by atoms with E-state index < -0.39 is 0 Å². The minimum Gasteiger partial charge on any atom is -0.261 e. The van der Waals surface area contributed by atoms with E-state index in [9.17, 15) is 0 Å². The normalized spacial score (nSPS) is 18.1. The van der Waals surface area contributed by atoms with Gasteiger partial charge in [0, 0.05) is 16.7 Å². The summed E-state index contributed by atoms with van der Waals surface area (Å²) in [5, 5.41) is 0. The Morgan fingerprint density at radius 2 is 2.29 bits per heavy atom. The second-order valence-corrected chi connectivity index (χ2v) is 5.38. The topological polar surface area (TPSA) is 12.9 Å². The van der Waals surface area contributed by atoms with Crippen LogP contribution in [-0.2, 0) is 6.42 Å². The first-order valence-corrected chi connectivity index (χ1v) is 6.23. The molecule has 1 nitrogen and oxygen atoms in total. The van der Waals surface area contributed by atoms with Gasteiger partial charge >= 0.3 is 0 Å². The number of halogens is 1. The van der Waals surface area contributed by atoms with Crippen LogP contribution in [0.4, 0.5) is 0 Å². The molecule has 1 aliphatic rings. The quantitative estimate of drug-likeness (QED) is 0.749. The lowest BCUT2D eigenvalue weighted by Crippen LogP contribution is -2.02. The van der Waals surface area contributed by atoms with E-state index >= 15 is 0 Å². The highest BCUT2D eigenvalue weighted by molar-refractivity contribution is 9.09. The molecule has 76 valence electrons. The lowest BCUT2D eigenvalue weighted by atomic mass is 10.1. The van der Waals surface area contributed by atoms with E-state index in [1.54, 1.807) is 0 Å². The van der Waals surface area contributed by atoms with E-state index in [1.165, 1.54) is 24.8 Å². The van der Waals surface area contributed by atoms with Crippen molar-refractivity contribution in [1.82, 2.24) is 4.98 Å². The number of hydrogen-bond donors (Lipinski definition) is 0. The van der Waals surface area contributed by atoms with Crippen LogP contribution in [0.25, 0.3) is 0 Å². The highest BCUT2D eigenvalue weighted by Gasteiger charge is 2.28. The van der Waals surface area contributed by atoms with Crippen LogP contribution in [0.15, 0.2) is 18.3 Å². The van der Waals surface area contributed by atoms with E-state index in [0.29, 0.717) is 0 Å². The molecule has 0 saturated heterocycles. The summed E-state index contributed by atoms with van der Waals surface area (Å²) < 4.78 is 0. The Hall–Kier alpha value is -0.370. The smallest absolute Gasteiger partial charge is 0.0372 e. The summed E-state index contributed by atoms with van der Waals surface area (Å²) >= 11 is 3.76. The van der Waals surface area contributed by atoms with Gasteiger partial charge in [0.1, 0.15) is 0 Å². The van der Waals surface area contributed by atoms with Crippen molar-refractivity contribution in [3.8, 4) is 0 Å². The van der Waals surface area contributed by atoms with Gasteiger partial charge in [-0.1, -0.05) is 22.0 Å². The summed E-state index contributed by atoms with van der Waals surface area (Å²) in [5.74, 6) is 0.952. The fourth-order valence-corrected chi connectivity index (χ4v) is 2.40. The average Bonchev–Trinajstić information content (AvgIpc) is 3.00. The van der Waals surface area contributed by atoms with E-state index in [4.69, 9.17) is 0 Å². The second-order valence-electron chi connectivity index (χ2n) is 4.20. The van der Waals surface area contributed by atoms with Crippen molar-refractivity contribution in [3.63, 3.8) is 0 Å². The van der Waals surface area contributed by atoms with Gasteiger partial charge < -0.3 is 0 Å². The molecule has 2 heteroatoms. The van der Waals surface area contributed by atoms with Gasteiger partial charge in [-0.15, -0.1) is 0 Å². The predicted molar refractivity (Wildman–Crippen MR) is 62.7 cm³/mol. The fourth-order valence-electron chi connectivity index (χ4n) is 1.64. The van der Waals surface area contributed by atoms with Crippen LogP contribution in [0.1, 0.15) is 30.5 Å². The van der Waals surface area contributed by atoms with Crippen LogP contribution in [0, 0.1) is 12.8 Å². The zero-order valence-electron chi connectivity index (χ0n) is 8.54. The van der Waals surface area contributed by atoms with Gasteiger partial charge in [0.2, 0.25) is 0 Å². The summed E-state index contributed by atoms with van der Waals surface area (Å²) in [6.45, 7) is 2.03. The summed E-state index contributed by atoms with van der Waals surface area (Å²) in [4.78, 5) is 5.03. The number of nitrogens with zero attached hydrogens (tertiary/aromatic N) is 1. The number of alkyl halides is 1. The highest BCUT2D eigenvalue weighted by atomic mass is 79.9. The Kier molecular flexibility index (Phi) is 3.22. The van der Waals surface area contributed by atoms with E-state index in [-0.39, 0.29) is 0 Å². The molecule has 0 spiro atoms. The van der Waals surface area contributed by atoms with E-state index in [1.807, 2.05) is 13.1 Å². The van der Waals surface area contributed by atoms with Crippen molar-refractivity contribution in [3.05, 3.63) is 29.6 Å². The average molecular weight is 254 g/mol. The maximum Gasteiger partial charge on any atom is 0.0372 e. The zero-order chi connectivity index (χ0) is 9.97. The predicted octanol–water partition coefficient (Wildman–Crippen LogP) is 3.50. The second kappa shape index (κ2) is 4.43. The molecule has 0 aromatic carbocycles. The van der Waals surface area contributed by atoms with Gasteiger partial charge in [-0.2, -0.15) is 0 Å². The molecule has 1 aromatic heterocycles. The molecule has 0 N–H and O–H groups in total. The molecule has 1 atom stereocenters. The van der Waals surface area contributed by atoms with Crippen molar-refractivity contribution >= 4 is 15.9 Å². The SMILES string of the molecule is Cc1ccc(CCC(Br)C2CC2)cn1. The zero-order valence-corrected chi connectivity index (χ0v) is 10.1. The first-order chi connectivity index (χ1) is 6.75. The molecule has 0 amide bonds. The van der Waals surface area contributed by atoms with Crippen LogP contribution in [0.3, 0.4) is 0 Å². The van der Waals surface area contributed by atoms with Gasteiger partial charge in [-0.05, 0) is 50.2 Å². The molecule has 1 aromatic rings. The molecule has 1 unspecified atom stereocenters. The van der Waals surface area contributed by atoms with Crippen LogP contribution < -0.4 is 0 Å². The molecule has 1 fully saturated rings. The number of aromatic nitrogens is 1. The summed E-state index contributed by atoms with van der Waals surface area (Å²) in [7, 11) is 0. The third-order valence-corrected chi connectivity index (χ3v) is 4.02. The molecule has 2 rings (SSSR count). The third kappa shape index (κ3) is 2.81. The summed E-state index contributed by atoms with van der Waals surface area (Å²) in [5.41, 5.74) is 2.46. The Bertz CT molecular complexity index is 290. The maximum atomic E-state index is 4.30. The lowest BCUT2D eigenvalue weighted by Gasteiger charge is -2.07. The van der Waals surface area contributed by atoms with Crippen molar-refractivity contribution in [2.45, 2.75) is 37.4 Å². The molecular weight excluding hydrogens is 238 g/mol. The van der Waals surface area contributed by atoms with Crippen molar-refractivity contribution in [2.75, 3.05) is 0 Å². The minimum absolute atomic E-state index is 0.726. The van der Waals surface area contributed by atoms with Gasteiger partial charge in [-0.25, -0.2) is 0 Å². The number of pyridine rings is 1. The van der Waals surface area contributed by atoms with E-state index in [2.05, 4.69) is 33.0 Å². The number of hydrogen-bond acceptors (Lipinski definition) is 1. The van der Waals surface area contributed by atoms with Crippen LogP contribution >= 0.6 is 15.9 Å². The first-order valence-electron chi connectivity index (χ1n) is 5.31. The Balaban J connectivity index is 1.82. The van der Waals surface area contributed by atoms with Crippen molar-refractivity contribution in [2.24, 2.45) is 5.92 Å². The molecule has 0 bridgehead atoms. The van der Waals surface area contributed by atoms with Gasteiger partial charge in [-0.3, -0.25) is 4.98 Å². The summed E-state index contributed by atoms with van der Waals surface area (Å²) in [6, 6.07) is 4.28. The highest BCUT2D eigenvalue weighted by Crippen LogP contribution is 2.38. The van der Waals surface area contributed by atoms with Gasteiger partial charge in [0.05, 0.1) is 0 Å².